The molecule has 0 atom stereocenters. The van der Waals surface area contributed by atoms with Crippen LogP contribution in [0.1, 0.15) is 29.3 Å². The Morgan fingerprint density at radius 2 is 1.81 bits per heavy atom. The van der Waals surface area contributed by atoms with Crippen molar-refractivity contribution < 1.29 is 18.4 Å². The standard InChI is InChI=1S/C20H22F2N2O2/c1-2-24(13-11-15-6-4-3-5-7-15)19(25)10-12-23-20(26)17-9-8-16(21)14-18(17)22/h3-9,14H,2,10-13H2,1H3,(H,23,26). The molecule has 6 heteroatoms. The Balaban J connectivity index is 1.79. The molecule has 0 saturated carbocycles. The average Bonchev–Trinajstić information content (AvgIpc) is 2.63. The Labute approximate surface area is 151 Å². The van der Waals surface area contributed by atoms with E-state index >= 15 is 0 Å². The molecule has 138 valence electrons. The molecule has 26 heavy (non-hydrogen) atoms. The van der Waals surface area contributed by atoms with Crippen LogP contribution in [0.3, 0.4) is 0 Å². The van der Waals surface area contributed by atoms with E-state index in [0.717, 1.165) is 24.1 Å². The minimum absolute atomic E-state index is 0.0803. The van der Waals surface area contributed by atoms with Crippen LogP contribution in [0.5, 0.6) is 0 Å². The lowest BCUT2D eigenvalue weighted by Crippen LogP contribution is -2.36. The predicted molar refractivity (Wildman–Crippen MR) is 95.7 cm³/mol. The number of nitrogens with one attached hydrogen (secondary N) is 1. The van der Waals surface area contributed by atoms with Crippen LogP contribution in [0.15, 0.2) is 48.5 Å². The summed E-state index contributed by atoms with van der Waals surface area (Å²) in [6.45, 7) is 3.16. The van der Waals surface area contributed by atoms with E-state index in [-0.39, 0.29) is 24.4 Å². The quantitative estimate of drug-likeness (QED) is 0.786. The summed E-state index contributed by atoms with van der Waals surface area (Å²) < 4.78 is 26.4. The van der Waals surface area contributed by atoms with E-state index < -0.39 is 17.5 Å². The van der Waals surface area contributed by atoms with Crippen molar-refractivity contribution in [3.8, 4) is 0 Å². The van der Waals surface area contributed by atoms with Crippen LogP contribution in [0.2, 0.25) is 0 Å². The Hall–Kier alpha value is -2.76. The van der Waals surface area contributed by atoms with Gasteiger partial charge in [0.1, 0.15) is 11.6 Å². The van der Waals surface area contributed by atoms with Crippen LogP contribution in [0.4, 0.5) is 8.78 Å². The van der Waals surface area contributed by atoms with Gasteiger partial charge in [-0.1, -0.05) is 30.3 Å². The molecule has 2 aromatic rings. The Kier molecular flexibility index (Phi) is 7.26. The summed E-state index contributed by atoms with van der Waals surface area (Å²) in [4.78, 5) is 25.9. The number of likely N-dealkylation sites (N-methyl/N-ethyl adjacent to an activating group) is 1. The fourth-order valence-electron chi connectivity index (χ4n) is 2.58. The molecular formula is C20H22F2N2O2. The molecule has 0 radical (unpaired) electrons. The van der Waals surface area contributed by atoms with E-state index in [1.54, 1.807) is 4.90 Å². The van der Waals surface area contributed by atoms with Crippen molar-refractivity contribution >= 4 is 11.8 Å². The molecule has 0 aliphatic rings. The number of benzene rings is 2. The van der Waals surface area contributed by atoms with Crippen molar-refractivity contribution in [2.24, 2.45) is 0 Å². The van der Waals surface area contributed by atoms with Crippen LogP contribution in [-0.2, 0) is 11.2 Å². The molecule has 4 nitrogen and oxygen atoms in total. The number of carbonyl (C=O) groups is 2. The normalized spacial score (nSPS) is 10.4. The fourth-order valence-corrected chi connectivity index (χ4v) is 2.58. The highest BCUT2D eigenvalue weighted by Crippen LogP contribution is 2.09. The van der Waals surface area contributed by atoms with E-state index in [1.165, 1.54) is 0 Å². The first-order chi connectivity index (χ1) is 12.5. The monoisotopic (exact) mass is 360 g/mol. The summed E-state index contributed by atoms with van der Waals surface area (Å²) in [5.41, 5.74) is 0.911. The zero-order valence-corrected chi connectivity index (χ0v) is 14.7. The molecule has 0 aliphatic carbocycles. The van der Waals surface area contributed by atoms with Gasteiger partial charge in [0, 0.05) is 32.1 Å². The molecule has 0 unspecified atom stereocenters. The van der Waals surface area contributed by atoms with Gasteiger partial charge < -0.3 is 10.2 Å². The topological polar surface area (TPSA) is 49.4 Å². The molecule has 0 fully saturated rings. The third kappa shape index (κ3) is 5.65. The maximum absolute atomic E-state index is 13.6. The molecule has 0 bridgehead atoms. The third-order valence-corrected chi connectivity index (χ3v) is 4.05. The SMILES string of the molecule is CCN(CCc1ccccc1)C(=O)CCNC(=O)c1ccc(F)cc1F. The lowest BCUT2D eigenvalue weighted by atomic mass is 10.1. The second-order valence-electron chi connectivity index (χ2n) is 5.84. The van der Waals surface area contributed by atoms with Gasteiger partial charge in [-0.05, 0) is 31.0 Å². The molecule has 0 aliphatic heterocycles. The third-order valence-electron chi connectivity index (χ3n) is 4.05. The molecule has 2 amide bonds. The van der Waals surface area contributed by atoms with Crippen molar-refractivity contribution in [1.29, 1.82) is 0 Å². The maximum atomic E-state index is 13.6. The number of hydrogen-bond donors (Lipinski definition) is 1. The number of rotatable bonds is 8. The average molecular weight is 360 g/mol. The van der Waals surface area contributed by atoms with Gasteiger partial charge in [0.2, 0.25) is 5.91 Å². The van der Waals surface area contributed by atoms with E-state index in [2.05, 4.69) is 5.32 Å². The summed E-state index contributed by atoms with van der Waals surface area (Å²) in [6, 6.07) is 12.6. The van der Waals surface area contributed by atoms with E-state index in [4.69, 9.17) is 0 Å². The van der Waals surface area contributed by atoms with E-state index in [0.29, 0.717) is 19.2 Å². The molecule has 1 N–H and O–H groups in total. The molecule has 2 rings (SSSR count). The van der Waals surface area contributed by atoms with E-state index in [9.17, 15) is 18.4 Å². The fraction of sp³-hybridized carbons (Fsp3) is 0.300. The highest BCUT2D eigenvalue weighted by Gasteiger charge is 2.15. The van der Waals surface area contributed by atoms with Gasteiger partial charge in [0.25, 0.3) is 5.91 Å². The largest absolute Gasteiger partial charge is 0.351 e. The smallest absolute Gasteiger partial charge is 0.254 e. The van der Waals surface area contributed by atoms with Gasteiger partial charge in [-0.2, -0.15) is 0 Å². The molecule has 0 heterocycles. The number of amides is 2. The molecule has 0 aromatic heterocycles. The number of carbonyl (C=O) groups excluding carboxylic acids is 2. The zero-order valence-electron chi connectivity index (χ0n) is 14.7. The Bertz CT molecular complexity index is 751. The predicted octanol–water partition coefficient (Wildman–Crippen LogP) is 3.18. The van der Waals surface area contributed by atoms with Gasteiger partial charge in [-0.15, -0.1) is 0 Å². The zero-order chi connectivity index (χ0) is 18.9. The Morgan fingerprint density at radius 3 is 2.46 bits per heavy atom. The van der Waals surface area contributed by atoms with Crippen LogP contribution in [0.25, 0.3) is 0 Å². The van der Waals surface area contributed by atoms with Gasteiger partial charge >= 0.3 is 0 Å². The van der Waals surface area contributed by atoms with Crippen molar-refractivity contribution in [2.75, 3.05) is 19.6 Å². The van der Waals surface area contributed by atoms with Crippen LogP contribution in [0, 0.1) is 11.6 Å². The second kappa shape index (κ2) is 9.65. The van der Waals surface area contributed by atoms with Crippen LogP contribution >= 0.6 is 0 Å². The van der Waals surface area contributed by atoms with Crippen LogP contribution < -0.4 is 5.32 Å². The Morgan fingerprint density at radius 1 is 1.08 bits per heavy atom. The first kappa shape index (κ1) is 19.6. The number of nitrogens with zero attached hydrogens (tertiary/aromatic N) is 1. The lowest BCUT2D eigenvalue weighted by Gasteiger charge is -2.21. The van der Waals surface area contributed by atoms with Crippen molar-refractivity contribution in [2.45, 2.75) is 19.8 Å². The summed E-state index contributed by atoms with van der Waals surface area (Å²) in [6.07, 6.45) is 0.880. The van der Waals surface area contributed by atoms with E-state index in [1.807, 2.05) is 37.3 Å². The molecule has 0 spiro atoms. The lowest BCUT2D eigenvalue weighted by molar-refractivity contribution is -0.130. The van der Waals surface area contributed by atoms with Crippen LogP contribution in [-0.4, -0.2) is 36.3 Å². The summed E-state index contributed by atoms with van der Waals surface area (Å²) in [7, 11) is 0. The summed E-state index contributed by atoms with van der Waals surface area (Å²) >= 11 is 0. The highest BCUT2D eigenvalue weighted by molar-refractivity contribution is 5.94. The summed E-state index contributed by atoms with van der Waals surface area (Å²) in [5.74, 6) is -2.41. The van der Waals surface area contributed by atoms with Gasteiger partial charge in [0.05, 0.1) is 5.56 Å². The van der Waals surface area contributed by atoms with Crippen molar-refractivity contribution in [3.05, 3.63) is 71.3 Å². The number of hydrogen-bond acceptors (Lipinski definition) is 2. The van der Waals surface area contributed by atoms with Gasteiger partial charge in [-0.3, -0.25) is 9.59 Å². The van der Waals surface area contributed by atoms with Crippen molar-refractivity contribution in [3.63, 3.8) is 0 Å². The first-order valence-corrected chi connectivity index (χ1v) is 8.56. The molecular weight excluding hydrogens is 338 g/mol. The minimum Gasteiger partial charge on any atom is -0.351 e. The van der Waals surface area contributed by atoms with Crippen molar-refractivity contribution in [1.82, 2.24) is 10.2 Å². The van der Waals surface area contributed by atoms with Gasteiger partial charge in [0.15, 0.2) is 0 Å². The number of halogens is 2. The summed E-state index contributed by atoms with van der Waals surface area (Å²) in [5, 5.41) is 2.49. The first-order valence-electron chi connectivity index (χ1n) is 8.56. The van der Waals surface area contributed by atoms with Gasteiger partial charge in [-0.25, -0.2) is 8.78 Å². The second-order valence-corrected chi connectivity index (χ2v) is 5.84. The highest BCUT2D eigenvalue weighted by atomic mass is 19.1. The molecule has 2 aromatic carbocycles. The minimum atomic E-state index is -0.924. The maximum Gasteiger partial charge on any atom is 0.254 e. The molecule has 0 saturated heterocycles.